The molecule has 0 radical (unpaired) electrons. The van der Waals surface area contributed by atoms with Gasteiger partial charge in [-0.15, -0.1) is 0 Å². The van der Waals surface area contributed by atoms with Gasteiger partial charge >= 0.3 is 6.18 Å². The summed E-state index contributed by atoms with van der Waals surface area (Å²) in [6, 6.07) is 4.86. The first-order valence-electron chi connectivity index (χ1n) is 5.67. The molecule has 1 aromatic carbocycles. The number of benzene rings is 1. The van der Waals surface area contributed by atoms with Gasteiger partial charge in [0.2, 0.25) is 0 Å². The van der Waals surface area contributed by atoms with E-state index in [9.17, 15) is 18.3 Å². The van der Waals surface area contributed by atoms with Gasteiger partial charge in [0.15, 0.2) is 0 Å². The molecule has 0 bridgehead atoms. The van der Waals surface area contributed by atoms with Crippen LogP contribution < -0.4 is 0 Å². The van der Waals surface area contributed by atoms with Crippen LogP contribution in [0.1, 0.15) is 23.7 Å². The fraction of sp³-hybridized carbons (Fsp3) is 0.286. The molecule has 0 spiro atoms. The van der Waals surface area contributed by atoms with E-state index < -0.39 is 17.8 Å². The Bertz CT molecular complexity index is 474. The SMILES string of the molecule is OC(c1cccc(C(F)(F)F)c1)C1C=CC=CC1. The van der Waals surface area contributed by atoms with E-state index in [1.165, 1.54) is 12.1 Å². The van der Waals surface area contributed by atoms with Crippen LogP contribution in [0.5, 0.6) is 0 Å². The summed E-state index contributed by atoms with van der Waals surface area (Å²) in [5.74, 6) is -0.168. The van der Waals surface area contributed by atoms with E-state index in [0.717, 1.165) is 12.1 Å². The highest BCUT2D eigenvalue weighted by molar-refractivity contribution is 5.29. The number of hydrogen-bond donors (Lipinski definition) is 1. The monoisotopic (exact) mass is 254 g/mol. The van der Waals surface area contributed by atoms with Crippen LogP contribution in [0.4, 0.5) is 13.2 Å². The highest BCUT2D eigenvalue weighted by Gasteiger charge is 2.31. The molecule has 0 aliphatic heterocycles. The second-order valence-corrected chi connectivity index (χ2v) is 4.28. The molecule has 0 fully saturated rings. The lowest BCUT2D eigenvalue weighted by atomic mass is 9.89. The second-order valence-electron chi connectivity index (χ2n) is 4.28. The first-order valence-corrected chi connectivity index (χ1v) is 5.67. The molecule has 0 saturated heterocycles. The third-order valence-electron chi connectivity index (χ3n) is 2.97. The van der Waals surface area contributed by atoms with Crippen LogP contribution in [0.2, 0.25) is 0 Å². The van der Waals surface area contributed by atoms with E-state index in [-0.39, 0.29) is 5.92 Å². The minimum absolute atomic E-state index is 0.168. The summed E-state index contributed by atoms with van der Waals surface area (Å²) in [6.45, 7) is 0. The van der Waals surface area contributed by atoms with Crippen LogP contribution >= 0.6 is 0 Å². The molecule has 2 rings (SSSR count). The molecule has 1 aliphatic rings. The third kappa shape index (κ3) is 2.82. The van der Waals surface area contributed by atoms with Gasteiger partial charge in [0.05, 0.1) is 11.7 Å². The van der Waals surface area contributed by atoms with E-state index in [4.69, 9.17) is 0 Å². The Hall–Kier alpha value is -1.55. The molecule has 0 aromatic heterocycles. The quantitative estimate of drug-likeness (QED) is 0.849. The van der Waals surface area contributed by atoms with Crippen molar-refractivity contribution in [1.82, 2.24) is 0 Å². The Kier molecular flexibility index (Phi) is 3.57. The van der Waals surface area contributed by atoms with Gasteiger partial charge in [0, 0.05) is 5.92 Å². The van der Waals surface area contributed by atoms with Gasteiger partial charge in [0.25, 0.3) is 0 Å². The van der Waals surface area contributed by atoms with E-state index in [1.54, 1.807) is 6.08 Å². The first-order chi connectivity index (χ1) is 8.48. The van der Waals surface area contributed by atoms with Crippen molar-refractivity contribution in [1.29, 1.82) is 0 Å². The number of aliphatic hydroxyl groups excluding tert-OH is 1. The van der Waals surface area contributed by atoms with E-state index in [2.05, 4.69) is 0 Å². The van der Waals surface area contributed by atoms with Crippen molar-refractivity contribution >= 4 is 0 Å². The van der Waals surface area contributed by atoms with Crippen LogP contribution in [0.25, 0.3) is 0 Å². The Morgan fingerprint density at radius 1 is 1.22 bits per heavy atom. The number of rotatable bonds is 2. The summed E-state index contributed by atoms with van der Waals surface area (Å²) in [4.78, 5) is 0. The van der Waals surface area contributed by atoms with E-state index in [1.807, 2.05) is 18.2 Å². The molecule has 2 atom stereocenters. The Morgan fingerprint density at radius 2 is 2.00 bits per heavy atom. The summed E-state index contributed by atoms with van der Waals surface area (Å²) in [6.07, 6.45) is 2.70. The summed E-state index contributed by atoms with van der Waals surface area (Å²) >= 11 is 0. The van der Waals surface area contributed by atoms with Crippen LogP contribution in [-0.2, 0) is 6.18 Å². The fourth-order valence-electron chi connectivity index (χ4n) is 1.98. The average Bonchev–Trinajstić information content (AvgIpc) is 2.38. The molecule has 96 valence electrons. The van der Waals surface area contributed by atoms with Crippen molar-refractivity contribution < 1.29 is 18.3 Å². The second kappa shape index (κ2) is 4.98. The van der Waals surface area contributed by atoms with Crippen LogP contribution in [0.15, 0.2) is 48.6 Å². The van der Waals surface area contributed by atoms with Gasteiger partial charge in [0.1, 0.15) is 0 Å². The molecule has 2 unspecified atom stereocenters. The number of halogens is 3. The topological polar surface area (TPSA) is 20.2 Å². The number of aliphatic hydroxyl groups is 1. The highest BCUT2D eigenvalue weighted by atomic mass is 19.4. The molecule has 1 N–H and O–H groups in total. The molecule has 1 aliphatic carbocycles. The summed E-state index contributed by atoms with van der Waals surface area (Å²) in [7, 11) is 0. The largest absolute Gasteiger partial charge is 0.416 e. The molecule has 1 aromatic rings. The molecular formula is C14H13F3O. The summed E-state index contributed by atoms with van der Waals surface area (Å²) in [5.41, 5.74) is -0.427. The molecular weight excluding hydrogens is 241 g/mol. The molecule has 0 heterocycles. The van der Waals surface area contributed by atoms with Crippen molar-refractivity contribution in [3.05, 3.63) is 59.7 Å². The smallest absolute Gasteiger partial charge is 0.388 e. The van der Waals surface area contributed by atoms with Crippen molar-refractivity contribution in [3.63, 3.8) is 0 Å². The van der Waals surface area contributed by atoms with Crippen LogP contribution in [0.3, 0.4) is 0 Å². The molecule has 1 nitrogen and oxygen atoms in total. The van der Waals surface area contributed by atoms with Gasteiger partial charge in [-0.25, -0.2) is 0 Å². The third-order valence-corrected chi connectivity index (χ3v) is 2.97. The van der Waals surface area contributed by atoms with Crippen molar-refractivity contribution in [2.24, 2.45) is 5.92 Å². The lowest BCUT2D eigenvalue weighted by molar-refractivity contribution is -0.137. The number of alkyl halides is 3. The lowest BCUT2D eigenvalue weighted by Gasteiger charge is -2.21. The molecule has 18 heavy (non-hydrogen) atoms. The average molecular weight is 254 g/mol. The van der Waals surface area contributed by atoms with Crippen molar-refractivity contribution in [2.45, 2.75) is 18.7 Å². The minimum atomic E-state index is -4.38. The molecule has 4 heteroatoms. The van der Waals surface area contributed by atoms with E-state index in [0.29, 0.717) is 12.0 Å². The molecule has 0 saturated carbocycles. The number of hydrogen-bond acceptors (Lipinski definition) is 1. The predicted molar refractivity (Wildman–Crippen MR) is 62.8 cm³/mol. The zero-order chi connectivity index (χ0) is 13.2. The normalized spacial score (nSPS) is 21.0. The van der Waals surface area contributed by atoms with Gasteiger partial charge in [-0.3, -0.25) is 0 Å². The Balaban J connectivity index is 2.23. The van der Waals surface area contributed by atoms with Gasteiger partial charge in [-0.05, 0) is 24.1 Å². The lowest BCUT2D eigenvalue weighted by Crippen LogP contribution is -2.13. The van der Waals surface area contributed by atoms with E-state index >= 15 is 0 Å². The minimum Gasteiger partial charge on any atom is -0.388 e. The maximum absolute atomic E-state index is 12.6. The fourth-order valence-corrected chi connectivity index (χ4v) is 1.98. The Labute approximate surface area is 103 Å². The van der Waals surface area contributed by atoms with Crippen LogP contribution in [-0.4, -0.2) is 5.11 Å². The van der Waals surface area contributed by atoms with Gasteiger partial charge in [-0.2, -0.15) is 13.2 Å². The van der Waals surface area contributed by atoms with Crippen LogP contribution in [0, 0.1) is 5.92 Å². The van der Waals surface area contributed by atoms with Gasteiger partial charge < -0.3 is 5.11 Å². The zero-order valence-corrected chi connectivity index (χ0v) is 9.56. The van der Waals surface area contributed by atoms with Crippen molar-refractivity contribution in [2.75, 3.05) is 0 Å². The molecule has 0 amide bonds. The maximum Gasteiger partial charge on any atom is 0.416 e. The highest BCUT2D eigenvalue weighted by Crippen LogP contribution is 2.33. The summed E-state index contributed by atoms with van der Waals surface area (Å²) in [5, 5.41) is 10.1. The van der Waals surface area contributed by atoms with Gasteiger partial charge in [-0.1, -0.05) is 36.4 Å². The number of allylic oxidation sites excluding steroid dienone is 3. The zero-order valence-electron chi connectivity index (χ0n) is 9.56. The first kappa shape index (κ1) is 12.9. The summed E-state index contributed by atoms with van der Waals surface area (Å²) < 4.78 is 37.7. The maximum atomic E-state index is 12.6. The van der Waals surface area contributed by atoms with Crippen molar-refractivity contribution in [3.8, 4) is 0 Å². The Morgan fingerprint density at radius 3 is 2.61 bits per heavy atom. The standard InChI is InChI=1S/C14H13F3O/c15-14(16,17)12-8-4-7-11(9-12)13(18)10-5-2-1-3-6-10/h1-5,7-10,13,18H,6H2. The predicted octanol–water partition coefficient (Wildman–Crippen LogP) is 3.87.